The van der Waals surface area contributed by atoms with Crippen molar-refractivity contribution < 1.29 is 23.8 Å². The van der Waals surface area contributed by atoms with Gasteiger partial charge in [-0.1, -0.05) is 65.8 Å². The molecule has 2 amide bonds. The summed E-state index contributed by atoms with van der Waals surface area (Å²) in [5, 5.41) is 1.66. The molecule has 1 aliphatic heterocycles. The van der Waals surface area contributed by atoms with E-state index >= 15 is 0 Å². The molecule has 184 valence electrons. The Morgan fingerprint density at radius 3 is 2.56 bits per heavy atom. The van der Waals surface area contributed by atoms with E-state index in [9.17, 15) is 9.59 Å². The molecular formula is C26H21ClN2O5S2. The Hall–Kier alpha value is -3.53. The normalized spacial score (nSPS) is 14.2. The number of benzene rings is 3. The predicted octanol–water partition coefficient (Wildman–Crippen LogP) is 5.24. The van der Waals surface area contributed by atoms with Crippen molar-refractivity contribution in [2.45, 2.75) is 6.61 Å². The van der Waals surface area contributed by atoms with Gasteiger partial charge in [0.1, 0.15) is 12.4 Å². The van der Waals surface area contributed by atoms with Gasteiger partial charge in [-0.3, -0.25) is 15.0 Å². The summed E-state index contributed by atoms with van der Waals surface area (Å²) in [6, 6.07) is 21.6. The van der Waals surface area contributed by atoms with Crippen molar-refractivity contribution in [1.82, 2.24) is 10.4 Å². The lowest BCUT2D eigenvalue weighted by Crippen LogP contribution is -2.46. The lowest BCUT2D eigenvalue weighted by molar-refractivity contribution is -0.134. The Kier molecular flexibility index (Phi) is 8.48. The summed E-state index contributed by atoms with van der Waals surface area (Å²) in [6.07, 6.45) is 1.67. The zero-order chi connectivity index (χ0) is 25.5. The van der Waals surface area contributed by atoms with E-state index in [-0.39, 0.29) is 17.5 Å². The van der Waals surface area contributed by atoms with E-state index in [2.05, 4.69) is 5.43 Å². The number of hydrogen-bond acceptors (Lipinski definition) is 7. The van der Waals surface area contributed by atoms with Crippen LogP contribution in [0.4, 0.5) is 0 Å². The third-order valence-corrected chi connectivity index (χ3v) is 6.64. The molecule has 4 rings (SSSR count). The van der Waals surface area contributed by atoms with E-state index in [0.717, 1.165) is 22.3 Å². The van der Waals surface area contributed by atoms with Gasteiger partial charge in [0.2, 0.25) is 0 Å². The van der Waals surface area contributed by atoms with Crippen molar-refractivity contribution in [1.29, 1.82) is 0 Å². The molecule has 7 nitrogen and oxygen atoms in total. The molecule has 1 N–H and O–H groups in total. The Labute approximate surface area is 222 Å². The van der Waals surface area contributed by atoms with Crippen LogP contribution in [0, 0.1) is 0 Å². The first kappa shape index (κ1) is 25.6. The van der Waals surface area contributed by atoms with Crippen molar-refractivity contribution in [3.63, 3.8) is 0 Å². The molecule has 3 aromatic carbocycles. The van der Waals surface area contributed by atoms with Crippen LogP contribution in [0.3, 0.4) is 0 Å². The lowest BCUT2D eigenvalue weighted by Gasteiger charge is -2.15. The highest BCUT2D eigenvalue weighted by molar-refractivity contribution is 8.26. The molecule has 1 aliphatic rings. The van der Waals surface area contributed by atoms with E-state index < -0.39 is 11.8 Å². The zero-order valence-corrected chi connectivity index (χ0v) is 21.5. The van der Waals surface area contributed by atoms with Crippen molar-refractivity contribution in [2.75, 3.05) is 13.7 Å². The largest absolute Gasteiger partial charge is 0.493 e. The maximum absolute atomic E-state index is 12.9. The Bertz CT molecular complexity index is 1320. The number of carbonyl (C=O) groups is 2. The first-order valence-corrected chi connectivity index (χ1v) is 12.3. The standard InChI is InChI=1S/C26H21ClN2O5S2/c1-32-22-13-17(11-12-21(22)34-15-18-7-5-6-10-20(18)27)14-23-25(31)29(26(35)36-23)28-24(30)16-33-19-8-3-2-4-9-19/h2-14H,15-16H2,1H3,(H,28,30)/b23-14-. The second-order valence-corrected chi connectivity index (χ2v) is 9.53. The zero-order valence-electron chi connectivity index (χ0n) is 19.1. The Morgan fingerprint density at radius 1 is 1.06 bits per heavy atom. The lowest BCUT2D eigenvalue weighted by atomic mass is 10.2. The molecule has 1 fully saturated rings. The van der Waals surface area contributed by atoms with Crippen LogP contribution in [0.2, 0.25) is 5.02 Å². The van der Waals surface area contributed by atoms with Crippen LogP contribution in [-0.4, -0.2) is 34.9 Å². The molecule has 0 aliphatic carbocycles. The number of thioether (sulfide) groups is 1. The fourth-order valence-electron chi connectivity index (χ4n) is 3.20. The van der Waals surface area contributed by atoms with Crippen molar-refractivity contribution >= 4 is 57.8 Å². The van der Waals surface area contributed by atoms with Gasteiger partial charge in [0.05, 0.1) is 12.0 Å². The van der Waals surface area contributed by atoms with E-state index in [1.807, 2.05) is 24.3 Å². The molecule has 0 saturated carbocycles. The van der Waals surface area contributed by atoms with Crippen LogP contribution in [-0.2, 0) is 16.2 Å². The molecule has 10 heteroatoms. The van der Waals surface area contributed by atoms with Gasteiger partial charge in [0, 0.05) is 10.6 Å². The number of carbonyl (C=O) groups excluding carboxylic acids is 2. The first-order valence-electron chi connectivity index (χ1n) is 10.7. The number of nitrogens with one attached hydrogen (secondary N) is 1. The number of nitrogens with zero attached hydrogens (tertiary/aromatic N) is 1. The maximum Gasteiger partial charge on any atom is 0.285 e. The smallest absolute Gasteiger partial charge is 0.285 e. The summed E-state index contributed by atoms with van der Waals surface area (Å²) in [5.74, 6) is 0.644. The average molecular weight is 541 g/mol. The number of ether oxygens (including phenoxy) is 3. The molecule has 0 unspecified atom stereocenters. The molecule has 0 aromatic heterocycles. The molecule has 1 heterocycles. The van der Waals surface area contributed by atoms with E-state index in [0.29, 0.717) is 32.7 Å². The quantitative estimate of drug-likeness (QED) is 0.294. The van der Waals surface area contributed by atoms with Gasteiger partial charge < -0.3 is 14.2 Å². The highest BCUT2D eigenvalue weighted by Crippen LogP contribution is 2.34. The minimum Gasteiger partial charge on any atom is -0.493 e. The summed E-state index contributed by atoms with van der Waals surface area (Å²) in [5.41, 5.74) is 4.05. The highest BCUT2D eigenvalue weighted by atomic mass is 35.5. The van der Waals surface area contributed by atoms with Gasteiger partial charge in [-0.05, 0) is 54.2 Å². The number of hydrogen-bond donors (Lipinski definition) is 1. The number of rotatable bonds is 9. The fraction of sp³-hybridized carbons (Fsp3) is 0.115. The Balaban J connectivity index is 1.40. The Morgan fingerprint density at radius 2 is 1.81 bits per heavy atom. The van der Waals surface area contributed by atoms with Crippen LogP contribution in [0.1, 0.15) is 11.1 Å². The molecule has 3 aromatic rings. The van der Waals surface area contributed by atoms with Gasteiger partial charge in [-0.15, -0.1) is 0 Å². The predicted molar refractivity (Wildman–Crippen MR) is 144 cm³/mol. The topological polar surface area (TPSA) is 77.1 Å². The summed E-state index contributed by atoms with van der Waals surface area (Å²) in [4.78, 5) is 25.5. The SMILES string of the molecule is COc1cc(/C=C2\SC(=S)N(NC(=O)COc3ccccc3)C2=O)ccc1OCc1ccccc1Cl. The minimum atomic E-state index is -0.502. The van der Waals surface area contributed by atoms with Crippen LogP contribution in [0.25, 0.3) is 6.08 Å². The van der Waals surface area contributed by atoms with Gasteiger partial charge in [0.25, 0.3) is 11.8 Å². The van der Waals surface area contributed by atoms with Crippen molar-refractivity contribution in [2.24, 2.45) is 0 Å². The van der Waals surface area contributed by atoms with Gasteiger partial charge >= 0.3 is 0 Å². The number of amides is 2. The molecule has 0 bridgehead atoms. The second kappa shape index (κ2) is 11.9. The highest BCUT2D eigenvalue weighted by Gasteiger charge is 2.33. The summed E-state index contributed by atoms with van der Waals surface area (Å²) >= 11 is 12.6. The van der Waals surface area contributed by atoms with Gasteiger partial charge in [-0.25, -0.2) is 0 Å². The first-order chi connectivity index (χ1) is 17.4. The fourth-order valence-corrected chi connectivity index (χ4v) is 4.57. The van der Waals surface area contributed by atoms with E-state index in [1.54, 1.807) is 54.6 Å². The van der Waals surface area contributed by atoms with Crippen molar-refractivity contribution in [3.8, 4) is 17.2 Å². The summed E-state index contributed by atoms with van der Waals surface area (Å²) < 4.78 is 17.0. The van der Waals surface area contributed by atoms with Gasteiger partial charge in [0.15, 0.2) is 22.4 Å². The number of para-hydroxylation sites is 1. The number of thiocarbonyl (C=S) groups is 1. The number of hydrazine groups is 1. The van der Waals surface area contributed by atoms with Gasteiger partial charge in [-0.2, -0.15) is 5.01 Å². The molecule has 36 heavy (non-hydrogen) atoms. The van der Waals surface area contributed by atoms with Crippen molar-refractivity contribution in [3.05, 3.63) is 93.9 Å². The van der Waals surface area contributed by atoms with E-state index in [1.165, 1.54) is 7.11 Å². The van der Waals surface area contributed by atoms with Crippen LogP contribution >= 0.6 is 35.6 Å². The average Bonchev–Trinajstić information content (AvgIpc) is 3.15. The molecule has 0 spiro atoms. The van der Waals surface area contributed by atoms with Crippen LogP contribution < -0.4 is 19.6 Å². The number of halogens is 1. The minimum absolute atomic E-state index is 0.214. The monoisotopic (exact) mass is 540 g/mol. The molecule has 1 saturated heterocycles. The summed E-state index contributed by atoms with van der Waals surface area (Å²) in [6.45, 7) is 0.0225. The molecular weight excluding hydrogens is 520 g/mol. The number of methoxy groups -OCH3 is 1. The summed E-state index contributed by atoms with van der Waals surface area (Å²) in [7, 11) is 1.54. The van der Waals surface area contributed by atoms with E-state index in [4.69, 9.17) is 38.0 Å². The van der Waals surface area contributed by atoms with Crippen LogP contribution in [0.15, 0.2) is 77.7 Å². The molecule has 0 radical (unpaired) electrons. The molecule has 0 atom stereocenters. The second-order valence-electron chi connectivity index (χ2n) is 7.44. The third kappa shape index (κ3) is 6.37. The third-order valence-electron chi connectivity index (χ3n) is 4.97. The van der Waals surface area contributed by atoms with Crippen LogP contribution in [0.5, 0.6) is 17.2 Å². The maximum atomic E-state index is 12.9.